The van der Waals surface area contributed by atoms with E-state index in [1.165, 1.54) is 23.1 Å². The fraction of sp³-hybridized carbons (Fsp3) is 0.0588. The minimum atomic E-state index is -0.219. The lowest BCUT2D eigenvalue weighted by molar-refractivity contribution is 0.789. The van der Waals surface area contributed by atoms with E-state index in [2.05, 4.69) is 15.0 Å². The van der Waals surface area contributed by atoms with E-state index in [1.54, 1.807) is 12.3 Å². The Morgan fingerprint density at radius 2 is 1.96 bits per heavy atom. The zero-order valence-corrected chi connectivity index (χ0v) is 14.3. The first-order valence-electron chi connectivity index (χ1n) is 7.23. The molecule has 0 atom stereocenters. The number of pyridine rings is 1. The van der Waals surface area contributed by atoms with E-state index in [1.807, 2.05) is 54.2 Å². The third-order valence-corrected chi connectivity index (χ3v) is 5.52. The molecular formula is C17H12N4OS2. The highest BCUT2D eigenvalue weighted by molar-refractivity contribution is 7.99. The Hall–Kier alpha value is -2.51. The zero-order chi connectivity index (χ0) is 16.5. The molecule has 0 unspecified atom stereocenters. The summed E-state index contributed by atoms with van der Waals surface area (Å²) in [5, 5.41) is 2.95. The Labute approximate surface area is 146 Å². The van der Waals surface area contributed by atoms with E-state index in [-0.39, 0.29) is 5.56 Å². The third-order valence-electron chi connectivity index (χ3n) is 3.44. The van der Waals surface area contributed by atoms with Crippen molar-refractivity contribution < 1.29 is 0 Å². The van der Waals surface area contributed by atoms with Crippen LogP contribution in [0.25, 0.3) is 20.8 Å². The zero-order valence-electron chi connectivity index (χ0n) is 12.7. The second kappa shape index (κ2) is 6.18. The quantitative estimate of drug-likeness (QED) is 0.564. The molecule has 0 N–H and O–H groups in total. The van der Waals surface area contributed by atoms with Gasteiger partial charge in [-0.25, -0.2) is 9.97 Å². The standard InChI is InChI=1S/C17H12N4OS2/c1-21-10-9-18-17(21)24-14-8-4-6-12(19-14)16-20-15(22)11-5-2-3-7-13(11)23-16/h2-10H,1H3. The van der Waals surface area contributed by atoms with Crippen molar-refractivity contribution in [1.29, 1.82) is 0 Å². The summed E-state index contributed by atoms with van der Waals surface area (Å²) in [5.74, 6) is 0. The van der Waals surface area contributed by atoms with Gasteiger partial charge in [-0.05, 0) is 36.0 Å². The van der Waals surface area contributed by atoms with Gasteiger partial charge >= 0.3 is 0 Å². The van der Waals surface area contributed by atoms with E-state index >= 15 is 0 Å². The van der Waals surface area contributed by atoms with Crippen LogP contribution in [-0.4, -0.2) is 19.5 Å². The lowest BCUT2D eigenvalue weighted by atomic mass is 10.3. The first-order valence-corrected chi connectivity index (χ1v) is 8.86. The fourth-order valence-electron chi connectivity index (χ4n) is 2.26. The monoisotopic (exact) mass is 352 g/mol. The molecule has 0 aliphatic carbocycles. The largest absolute Gasteiger partial charge is 0.329 e. The van der Waals surface area contributed by atoms with E-state index in [0.29, 0.717) is 16.1 Å². The molecule has 0 fully saturated rings. The predicted molar refractivity (Wildman–Crippen MR) is 96.5 cm³/mol. The van der Waals surface area contributed by atoms with Crippen LogP contribution in [0.2, 0.25) is 0 Å². The van der Waals surface area contributed by atoms with Gasteiger partial charge in [0, 0.05) is 24.1 Å². The van der Waals surface area contributed by atoms with Crippen LogP contribution in [0.4, 0.5) is 0 Å². The van der Waals surface area contributed by atoms with Crippen molar-refractivity contribution in [3.05, 3.63) is 65.2 Å². The summed E-state index contributed by atoms with van der Waals surface area (Å²) < 4.78 is 2.85. The fourth-order valence-corrected chi connectivity index (χ4v) is 4.02. The van der Waals surface area contributed by atoms with Crippen LogP contribution in [-0.2, 0) is 7.05 Å². The van der Waals surface area contributed by atoms with Crippen molar-refractivity contribution in [1.82, 2.24) is 19.5 Å². The van der Waals surface area contributed by atoms with Crippen molar-refractivity contribution >= 4 is 33.2 Å². The molecule has 0 aliphatic rings. The van der Waals surface area contributed by atoms with Crippen LogP contribution in [0.3, 0.4) is 0 Å². The number of rotatable bonds is 3. The van der Waals surface area contributed by atoms with Crippen LogP contribution in [0.5, 0.6) is 0 Å². The Morgan fingerprint density at radius 3 is 2.79 bits per heavy atom. The molecular weight excluding hydrogens is 340 g/mol. The number of fused-ring (bicyclic) bond motifs is 1. The molecule has 3 heterocycles. The predicted octanol–water partition coefficient (Wildman–Crippen LogP) is 3.60. The maximum absolute atomic E-state index is 12.2. The molecule has 24 heavy (non-hydrogen) atoms. The van der Waals surface area contributed by atoms with Gasteiger partial charge in [0.05, 0.1) is 5.39 Å². The highest BCUT2D eigenvalue weighted by Crippen LogP contribution is 2.28. The summed E-state index contributed by atoms with van der Waals surface area (Å²) in [4.78, 5) is 25.3. The molecule has 7 heteroatoms. The van der Waals surface area contributed by atoms with Crippen molar-refractivity contribution in [2.45, 2.75) is 10.2 Å². The maximum Gasteiger partial charge on any atom is 0.279 e. The molecule has 0 spiro atoms. The van der Waals surface area contributed by atoms with Gasteiger partial charge in [-0.15, -0.1) is 11.3 Å². The van der Waals surface area contributed by atoms with Crippen LogP contribution < -0.4 is 5.56 Å². The van der Waals surface area contributed by atoms with Crippen molar-refractivity contribution in [3.8, 4) is 10.7 Å². The van der Waals surface area contributed by atoms with E-state index in [4.69, 9.17) is 0 Å². The molecule has 5 nitrogen and oxygen atoms in total. The first kappa shape index (κ1) is 15.0. The molecule has 0 bridgehead atoms. The summed E-state index contributed by atoms with van der Waals surface area (Å²) in [6, 6.07) is 13.2. The molecule has 1 aromatic carbocycles. The Balaban J connectivity index is 1.76. The van der Waals surface area contributed by atoms with Crippen LogP contribution >= 0.6 is 23.1 Å². The first-order chi connectivity index (χ1) is 11.7. The Kier molecular flexibility index (Phi) is 3.87. The number of aryl methyl sites for hydroxylation is 1. The number of hydrogen-bond donors (Lipinski definition) is 0. The van der Waals surface area contributed by atoms with Gasteiger partial charge in [0.15, 0.2) is 5.16 Å². The van der Waals surface area contributed by atoms with Gasteiger partial charge in [-0.2, -0.15) is 4.98 Å². The molecule has 0 aliphatic heterocycles. The SMILES string of the molecule is Cn1ccnc1Sc1cccc(-c2nc(=O)c3ccccc3s2)n1. The maximum atomic E-state index is 12.2. The van der Waals surface area contributed by atoms with Crippen LogP contribution in [0, 0.1) is 0 Å². The number of nitrogens with zero attached hydrogens (tertiary/aromatic N) is 4. The smallest absolute Gasteiger partial charge is 0.279 e. The normalized spacial score (nSPS) is 11.0. The lowest BCUT2D eigenvalue weighted by Gasteiger charge is -2.04. The molecule has 3 aromatic heterocycles. The van der Waals surface area contributed by atoms with Gasteiger partial charge in [-0.3, -0.25) is 4.79 Å². The average Bonchev–Trinajstić information content (AvgIpc) is 3.00. The summed E-state index contributed by atoms with van der Waals surface area (Å²) >= 11 is 2.95. The number of benzene rings is 1. The van der Waals surface area contributed by atoms with Gasteiger partial charge in [0.2, 0.25) is 0 Å². The lowest BCUT2D eigenvalue weighted by Crippen LogP contribution is -2.06. The van der Waals surface area contributed by atoms with Crippen molar-refractivity contribution in [2.75, 3.05) is 0 Å². The topological polar surface area (TPSA) is 60.7 Å². The molecule has 4 aromatic rings. The minimum absolute atomic E-state index is 0.219. The van der Waals surface area contributed by atoms with E-state index in [0.717, 1.165) is 14.9 Å². The molecule has 118 valence electrons. The molecule has 0 amide bonds. The van der Waals surface area contributed by atoms with Gasteiger partial charge in [0.1, 0.15) is 15.7 Å². The molecule has 0 radical (unpaired) electrons. The Bertz CT molecular complexity index is 1090. The summed E-state index contributed by atoms with van der Waals surface area (Å²) in [6.07, 6.45) is 3.64. The number of aromatic nitrogens is 4. The number of imidazole rings is 1. The van der Waals surface area contributed by atoms with Gasteiger partial charge in [0.25, 0.3) is 5.56 Å². The summed E-state index contributed by atoms with van der Waals surface area (Å²) in [5.41, 5.74) is 0.477. The van der Waals surface area contributed by atoms with Crippen molar-refractivity contribution in [2.24, 2.45) is 7.05 Å². The highest BCUT2D eigenvalue weighted by atomic mass is 32.2. The Morgan fingerprint density at radius 1 is 1.08 bits per heavy atom. The molecule has 0 saturated carbocycles. The molecule has 0 saturated heterocycles. The third kappa shape index (κ3) is 2.83. The second-order valence-corrected chi connectivity index (χ2v) is 7.12. The van der Waals surface area contributed by atoms with E-state index < -0.39 is 0 Å². The summed E-state index contributed by atoms with van der Waals surface area (Å²) in [6.45, 7) is 0. The van der Waals surface area contributed by atoms with Gasteiger partial charge < -0.3 is 4.57 Å². The van der Waals surface area contributed by atoms with Crippen LogP contribution in [0.1, 0.15) is 0 Å². The highest BCUT2D eigenvalue weighted by Gasteiger charge is 2.10. The molecule has 4 rings (SSSR count). The van der Waals surface area contributed by atoms with Gasteiger partial charge in [-0.1, -0.05) is 18.2 Å². The average molecular weight is 352 g/mol. The van der Waals surface area contributed by atoms with Crippen LogP contribution in [0.15, 0.2) is 69.8 Å². The number of hydrogen-bond acceptors (Lipinski definition) is 6. The summed E-state index contributed by atoms with van der Waals surface area (Å²) in [7, 11) is 1.94. The minimum Gasteiger partial charge on any atom is -0.329 e. The second-order valence-electron chi connectivity index (χ2n) is 5.10. The van der Waals surface area contributed by atoms with E-state index in [9.17, 15) is 4.79 Å². The van der Waals surface area contributed by atoms with Crippen molar-refractivity contribution in [3.63, 3.8) is 0 Å².